The fourth-order valence-corrected chi connectivity index (χ4v) is 5.72. The van der Waals surface area contributed by atoms with E-state index >= 15 is 0 Å². The van der Waals surface area contributed by atoms with Crippen LogP contribution in [0.25, 0.3) is 0 Å². The number of aryl methyl sites for hydroxylation is 2. The fourth-order valence-electron chi connectivity index (χ4n) is 3.35. The quantitative estimate of drug-likeness (QED) is 0.418. The number of allylic oxidation sites excluding steroid dienone is 1. The summed E-state index contributed by atoms with van der Waals surface area (Å²) in [4.78, 5) is 0.461. The third kappa shape index (κ3) is 6.38. The summed E-state index contributed by atoms with van der Waals surface area (Å²) in [5, 5.41) is 0. The standard InChI is InChI=1S/C24H29NO5S2/c1-20-8-12-23(13-9-20)31(26,27)25-17-5-7-22(16-18-25)6-3-4-19-30-32(28,29)24-14-10-21(2)11-15-24/h3,6-15H,4-5,16-19H2,1-2H3. The molecule has 0 saturated carbocycles. The van der Waals surface area contributed by atoms with Crippen LogP contribution < -0.4 is 0 Å². The van der Waals surface area contributed by atoms with Crippen molar-refractivity contribution in [2.75, 3.05) is 19.7 Å². The molecule has 2 aromatic rings. The number of benzene rings is 2. The number of nitrogens with zero attached hydrogens (tertiary/aromatic N) is 1. The van der Waals surface area contributed by atoms with Gasteiger partial charge in [-0.3, -0.25) is 4.18 Å². The van der Waals surface area contributed by atoms with Gasteiger partial charge in [0, 0.05) is 13.1 Å². The van der Waals surface area contributed by atoms with Crippen LogP contribution in [-0.4, -0.2) is 40.8 Å². The average molecular weight is 476 g/mol. The predicted molar refractivity (Wildman–Crippen MR) is 125 cm³/mol. The molecule has 2 aromatic carbocycles. The van der Waals surface area contributed by atoms with Crippen LogP contribution in [0.15, 0.2) is 82.1 Å². The summed E-state index contributed by atoms with van der Waals surface area (Å²) in [5.41, 5.74) is 3.03. The van der Waals surface area contributed by atoms with Crippen molar-refractivity contribution in [2.45, 2.75) is 42.9 Å². The second-order valence-electron chi connectivity index (χ2n) is 7.82. The van der Waals surface area contributed by atoms with Crippen LogP contribution >= 0.6 is 0 Å². The van der Waals surface area contributed by atoms with Crippen LogP contribution in [0.3, 0.4) is 0 Å². The van der Waals surface area contributed by atoms with E-state index in [1.165, 1.54) is 16.4 Å². The highest BCUT2D eigenvalue weighted by atomic mass is 32.2. The molecule has 0 amide bonds. The van der Waals surface area contributed by atoms with Gasteiger partial charge in [-0.25, -0.2) is 8.42 Å². The Morgan fingerprint density at radius 2 is 1.47 bits per heavy atom. The molecule has 0 bridgehead atoms. The summed E-state index contributed by atoms with van der Waals surface area (Å²) >= 11 is 0. The topological polar surface area (TPSA) is 80.8 Å². The molecular formula is C24H29NO5S2. The molecule has 1 heterocycles. The van der Waals surface area contributed by atoms with Crippen LogP contribution in [0.2, 0.25) is 0 Å². The van der Waals surface area contributed by atoms with E-state index in [9.17, 15) is 16.8 Å². The van der Waals surface area contributed by atoms with Crippen molar-refractivity contribution in [2.24, 2.45) is 0 Å². The molecule has 1 aliphatic rings. The van der Waals surface area contributed by atoms with E-state index in [1.54, 1.807) is 36.4 Å². The zero-order valence-electron chi connectivity index (χ0n) is 18.4. The molecule has 0 aromatic heterocycles. The highest BCUT2D eigenvalue weighted by Crippen LogP contribution is 2.21. The molecule has 0 aliphatic carbocycles. The second-order valence-corrected chi connectivity index (χ2v) is 11.4. The van der Waals surface area contributed by atoms with Gasteiger partial charge in [0.2, 0.25) is 10.0 Å². The van der Waals surface area contributed by atoms with Crippen LogP contribution in [0, 0.1) is 13.8 Å². The van der Waals surface area contributed by atoms with Gasteiger partial charge in [-0.05, 0) is 57.4 Å². The molecule has 0 saturated heterocycles. The summed E-state index contributed by atoms with van der Waals surface area (Å²) in [7, 11) is -7.27. The Hall–Kier alpha value is -2.26. The maximum Gasteiger partial charge on any atom is 0.296 e. The first-order valence-corrected chi connectivity index (χ1v) is 13.4. The van der Waals surface area contributed by atoms with Gasteiger partial charge in [0.1, 0.15) is 0 Å². The van der Waals surface area contributed by atoms with Gasteiger partial charge < -0.3 is 0 Å². The Balaban J connectivity index is 1.50. The first-order valence-electron chi connectivity index (χ1n) is 10.6. The van der Waals surface area contributed by atoms with Crippen LogP contribution in [0.4, 0.5) is 0 Å². The molecule has 0 unspecified atom stereocenters. The lowest BCUT2D eigenvalue weighted by Gasteiger charge is -2.20. The largest absolute Gasteiger partial charge is 0.296 e. The highest BCUT2D eigenvalue weighted by Gasteiger charge is 2.24. The summed E-state index contributed by atoms with van der Waals surface area (Å²) in [6.07, 6.45) is 7.48. The van der Waals surface area contributed by atoms with Gasteiger partial charge in [0.15, 0.2) is 0 Å². The third-order valence-electron chi connectivity index (χ3n) is 5.26. The minimum atomic E-state index is -3.76. The fraction of sp³-hybridized carbons (Fsp3) is 0.333. The van der Waals surface area contributed by atoms with E-state index in [2.05, 4.69) is 0 Å². The molecule has 6 nitrogen and oxygen atoms in total. The molecule has 8 heteroatoms. The lowest BCUT2D eigenvalue weighted by Crippen LogP contribution is -2.32. The van der Waals surface area contributed by atoms with Gasteiger partial charge in [0.25, 0.3) is 10.1 Å². The molecule has 0 radical (unpaired) electrons. The van der Waals surface area contributed by atoms with Crippen LogP contribution in [0.5, 0.6) is 0 Å². The SMILES string of the molecule is Cc1ccc(S(=O)(=O)OCCC=CC2=CCCN(S(=O)(=O)c3ccc(C)cc3)CC2)cc1. The van der Waals surface area contributed by atoms with E-state index in [0.717, 1.165) is 16.7 Å². The Morgan fingerprint density at radius 3 is 2.09 bits per heavy atom. The Bertz CT molecular complexity index is 1180. The van der Waals surface area contributed by atoms with Crippen molar-refractivity contribution in [1.29, 1.82) is 0 Å². The zero-order valence-corrected chi connectivity index (χ0v) is 20.0. The van der Waals surface area contributed by atoms with Crippen LogP contribution in [-0.2, 0) is 24.3 Å². The smallest absolute Gasteiger partial charge is 0.266 e. The summed E-state index contributed by atoms with van der Waals surface area (Å²) in [5.74, 6) is 0. The molecule has 1 aliphatic heterocycles. The van der Waals surface area contributed by atoms with Crippen molar-refractivity contribution in [3.8, 4) is 0 Å². The Kier molecular flexibility index (Phi) is 8.05. The van der Waals surface area contributed by atoms with Crippen molar-refractivity contribution in [3.05, 3.63) is 83.5 Å². The number of rotatable bonds is 8. The minimum Gasteiger partial charge on any atom is -0.266 e. The van der Waals surface area contributed by atoms with Crippen LogP contribution in [0.1, 0.15) is 30.4 Å². The van der Waals surface area contributed by atoms with Gasteiger partial charge in [0.05, 0.1) is 16.4 Å². The zero-order chi connectivity index (χ0) is 23.2. The Morgan fingerprint density at radius 1 is 0.875 bits per heavy atom. The number of hydrogen-bond donors (Lipinski definition) is 0. The lowest BCUT2D eigenvalue weighted by molar-refractivity contribution is 0.324. The minimum absolute atomic E-state index is 0.0495. The summed E-state index contributed by atoms with van der Waals surface area (Å²) in [6.45, 7) is 4.71. The monoisotopic (exact) mass is 475 g/mol. The summed E-state index contributed by atoms with van der Waals surface area (Å²) in [6, 6.07) is 13.4. The van der Waals surface area contributed by atoms with E-state index in [1.807, 2.05) is 32.1 Å². The second kappa shape index (κ2) is 10.6. The number of hydrogen-bond acceptors (Lipinski definition) is 5. The molecule has 32 heavy (non-hydrogen) atoms. The molecule has 0 spiro atoms. The normalized spacial score (nSPS) is 16.1. The Labute approximate surface area is 191 Å². The van der Waals surface area contributed by atoms with Crippen molar-refractivity contribution in [3.63, 3.8) is 0 Å². The lowest BCUT2D eigenvalue weighted by atomic mass is 10.1. The molecular weight excluding hydrogens is 446 g/mol. The molecule has 0 atom stereocenters. The van der Waals surface area contributed by atoms with Gasteiger partial charge >= 0.3 is 0 Å². The molecule has 172 valence electrons. The molecule has 3 rings (SSSR count). The predicted octanol–water partition coefficient (Wildman–Crippen LogP) is 4.37. The average Bonchev–Trinajstić information content (AvgIpc) is 3.00. The van der Waals surface area contributed by atoms with E-state index in [0.29, 0.717) is 37.2 Å². The van der Waals surface area contributed by atoms with E-state index in [-0.39, 0.29) is 11.5 Å². The van der Waals surface area contributed by atoms with Gasteiger partial charge in [-0.1, -0.05) is 59.2 Å². The maximum atomic E-state index is 12.9. The molecule has 0 N–H and O–H groups in total. The maximum absolute atomic E-state index is 12.9. The van der Waals surface area contributed by atoms with Crippen molar-refractivity contribution >= 4 is 20.1 Å². The first kappa shape index (κ1) is 24.4. The van der Waals surface area contributed by atoms with Crippen molar-refractivity contribution < 1.29 is 21.0 Å². The van der Waals surface area contributed by atoms with Gasteiger partial charge in [-0.15, -0.1) is 0 Å². The highest BCUT2D eigenvalue weighted by molar-refractivity contribution is 7.89. The van der Waals surface area contributed by atoms with Crippen molar-refractivity contribution in [1.82, 2.24) is 4.31 Å². The van der Waals surface area contributed by atoms with E-state index < -0.39 is 20.1 Å². The third-order valence-corrected chi connectivity index (χ3v) is 8.50. The number of sulfonamides is 1. The molecule has 0 fully saturated rings. The van der Waals surface area contributed by atoms with E-state index in [4.69, 9.17) is 4.18 Å². The van der Waals surface area contributed by atoms with Gasteiger partial charge in [-0.2, -0.15) is 12.7 Å². The summed E-state index contributed by atoms with van der Waals surface area (Å²) < 4.78 is 56.8. The first-order chi connectivity index (χ1) is 15.2.